The predicted molar refractivity (Wildman–Crippen MR) is 122 cm³/mol. The molecule has 3 aromatic rings. The van der Waals surface area contributed by atoms with Crippen molar-refractivity contribution in [3.8, 4) is 0 Å². The molecule has 0 saturated carbocycles. The number of hydrogen-bond acceptors (Lipinski definition) is 3. The van der Waals surface area contributed by atoms with Crippen LogP contribution in [0.25, 0.3) is 11.6 Å². The molecule has 4 heteroatoms. The van der Waals surface area contributed by atoms with Gasteiger partial charge in [-0.3, -0.25) is 4.79 Å². The number of rotatable bonds is 5. The number of fused-ring (bicyclic) bond motifs is 1. The molecular formula is C26H22O3S. The number of hydrogen-bond donors (Lipinski definition) is 1. The lowest BCUT2D eigenvalue weighted by molar-refractivity contribution is 0.0696. The highest BCUT2D eigenvalue weighted by molar-refractivity contribution is 7.11. The van der Waals surface area contributed by atoms with Gasteiger partial charge in [0.25, 0.3) is 0 Å². The van der Waals surface area contributed by atoms with E-state index in [1.54, 1.807) is 35.6 Å². The quantitative estimate of drug-likeness (QED) is 0.385. The van der Waals surface area contributed by atoms with E-state index in [2.05, 4.69) is 43.5 Å². The zero-order valence-corrected chi connectivity index (χ0v) is 17.7. The van der Waals surface area contributed by atoms with E-state index in [1.165, 1.54) is 33.7 Å². The standard InChI is InChI=1S/C26H22O3S/c1-26(2)14-13-21(24-4-3-15-30-24)20-11-10-19(16-22(20)26)23(27)12-7-17-5-8-18(9-6-17)25(28)29/h3-13,15-16H,14H2,1-2H3,(H,28,29). The van der Waals surface area contributed by atoms with Crippen LogP contribution in [0.3, 0.4) is 0 Å². The van der Waals surface area contributed by atoms with Crippen LogP contribution in [-0.2, 0) is 5.41 Å². The zero-order valence-electron chi connectivity index (χ0n) is 16.9. The highest BCUT2D eigenvalue weighted by atomic mass is 32.1. The molecule has 0 amide bonds. The van der Waals surface area contributed by atoms with Gasteiger partial charge in [0.1, 0.15) is 0 Å². The number of allylic oxidation sites excluding steroid dienone is 2. The highest BCUT2D eigenvalue weighted by Crippen LogP contribution is 2.42. The summed E-state index contributed by atoms with van der Waals surface area (Å²) in [6.45, 7) is 4.42. The number of carboxylic acids is 1. The van der Waals surface area contributed by atoms with Gasteiger partial charge in [-0.1, -0.05) is 56.3 Å². The summed E-state index contributed by atoms with van der Waals surface area (Å²) in [7, 11) is 0. The maximum atomic E-state index is 12.8. The van der Waals surface area contributed by atoms with Gasteiger partial charge in [-0.2, -0.15) is 0 Å². The van der Waals surface area contributed by atoms with E-state index >= 15 is 0 Å². The van der Waals surface area contributed by atoms with Gasteiger partial charge < -0.3 is 5.11 Å². The molecule has 30 heavy (non-hydrogen) atoms. The summed E-state index contributed by atoms with van der Waals surface area (Å²) in [6, 6.07) is 16.6. The molecule has 0 bridgehead atoms. The summed E-state index contributed by atoms with van der Waals surface area (Å²) in [5.41, 5.74) is 5.26. The molecule has 1 aliphatic rings. The number of carbonyl (C=O) groups is 2. The lowest BCUT2D eigenvalue weighted by atomic mass is 9.72. The number of thiophene rings is 1. The first kappa shape index (κ1) is 20.0. The minimum atomic E-state index is -0.964. The second-order valence-corrected chi connectivity index (χ2v) is 9.02. The molecule has 0 atom stereocenters. The van der Waals surface area contributed by atoms with Crippen LogP contribution in [0, 0.1) is 0 Å². The first-order valence-corrected chi connectivity index (χ1v) is 10.7. The van der Waals surface area contributed by atoms with Crippen molar-refractivity contribution in [3.63, 3.8) is 0 Å². The molecule has 150 valence electrons. The third-order valence-electron chi connectivity index (χ3n) is 5.51. The Hall–Kier alpha value is -3.24. The monoisotopic (exact) mass is 414 g/mol. The number of carbonyl (C=O) groups excluding carboxylic acids is 1. The first-order valence-electron chi connectivity index (χ1n) is 9.80. The second-order valence-electron chi connectivity index (χ2n) is 8.07. The van der Waals surface area contributed by atoms with Gasteiger partial charge in [-0.15, -0.1) is 11.3 Å². The van der Waals surface area contributed by atoms with E-state index in [-0.39, 0.29) is 16.8 Å². The maximum Gasteiger partial charge on any atom is 0.335 e. The van der Waals surface area contributed by atoms with E-state index in [1.807, 2.05) is 12.1 Å². The van der Waals surface area contributed by atoms with E-state index < -0.39 is 5.97 Å². The van der Waals surface area contributed by atoms with Crippen molar-refractivity contribution in [1.29, 1.82) is 0 Å². The molecule has 0 fully saturated rings. The van der Waals surface area contributed by atoms with Crippen molar-refractivity contribution in [3.05, 3.63) is 105 Å². The van der Waals surface area contributed by atoms with Crippen molar-refractivity contribution in [2.45, 2.75) is 25.7 Å². The van der Waals surface area contributed by atoms with Crippen LogP contribution in [0.1, 0.15) is 62.6 Å². The number of aromatic carboxylic acids is 1. The fourth-order valence-corrected chi connectivity index (χ4v) is 4.52. The zero-order chi connectivity index (χ0) is 21.3. The number of ketones is 1. The van der Waals surface area contributed by atoms with Crippen LogP contribution < -0.4 is 0 Å². The summed E-state index contributed by atoms with van der Waals surface area (Å²) in [4.78, 5) is 25.0. The summed E-state index contributed by atoms with van der Waals surface area (Å²) in [5, 5.41) is 11.1. The third kappa shape index (κ3) is 3.91. The molecule has 0 saturated heterocycles. The minimum Gasteiger partial charge on any atom is -0.478 e. The second kappa shape index (κ2) is 7.88. The summed E-state index contributed by atoms with van der Waals surface area (Å²) in [6.07, 6.45) is 6.49. The normalized spacial score (nSPS) is 14.9. The summed E-state index contributed by atoms with van der Waals surface area (Å²) in [5.74, 6) is -1.03. The molecule has 0 spiro atoms. The van der Waals surface area contributed by atoms with Crippen LogP contribution in [0.4, 0.5) is 0 Å². The predicted octanol–water partition coefficient (Wildman–Crippen LogP) is 6.46. The Morgan fingerprint density at radius 2 is 1.77 bits per heavy atom. The SMILES string of the molecule is CC1(C)CC=C(c2cccs2)c2ccc(C(=O)C=Cc3ccc(C(=O)O)cc3)cc21. The molecular weight excluding hydrogens is 392 g/mol. The molecule has 0 unspecified atom stereocenters. The van der Waals surface area contributed by atoms with E-state index in [0.717, 1.165) is 12.0 Å². The molecule has 4 rings (SSSR count). The lowest BCUT2D eigenvalue weighted by Crippen LogP contribution is -2.22. The molecule has 0 aliphatic heterocycles. The number of benzene rings is 2. The molecule has 1 heterocycles. The van der Waals surface area contributed by atoms with Crippen LogP contribution in [0.5, 0.6) is 0 Å². The first-order chi connectivity index (χ1) is 14.3. The Balaban J connectivity index is 1.62. The number of carboxylic acid groups (broad SMARTS) is 1. The topological polar surface area (TPSA) is 54.4 Å². The summed E-state index contributed by atoms with van der Waals surface area (Å²) < 4.78 is 0. The van der Waals surface area contributed by atoms with Crippen molar-refractivity contribution in [1.82, 2.24) is 0 Å². The maximum absolute atomic E-state index is 12.8. The Kier molecular flexibility index (Phi) is 5.27. The van der Waals surface area contributed by atoms with Crippen LogP contribution in [0.2, 0.25) is 0 Å². The Bertz CT molecular complexity index is 1160. The fourth-order valence-electron chi connectivity index (χ4n) is 3.74. The van der Waals surface area contributed by atoms with Gasteiger partial charge in [0.15, 0.2) is 5.78 Å². The molecule has 0 radical (unpaired) electrons. The van der Waals surface area contributed by atoms with Crippen molar-refractivity contribution in [2.75, 3.05) is 0 Å². The lowest BCUT2D eigenvalue weighted by Gasteiger charge is -2.32. The van der Waals surface area contributed by atoms with E-state index in [4.69, 9.17) is 5.11 Å². The van der Waals surface area contributed by atoms with Crippen LogP contribution in [-0.4, -0.2) is 16.9 Å². The summed E-state index contributed by atoms with van der Waals surface area (Å²) >= 11 is 1.73. The van der Waals surface area contributed by atoms with Crippen molar-refractivity contribution < 1.29 is 14.7 Å². The fraction of sp³-hybridized carbons (Fsp3) is 0.154. The smallest absolute Gasteiger partial charge is 0.335 e. The van der Waals surface area contributed by atoms with Crippen LogP contribution >= 0.6 is 11.3 Å². The van der Waals surface area contributed by atoms with Gasteiger partial charge >= 0.3 is 5.97 Å². The average molecular weight is 415 g/mol. The van der Waals surface area contributed by atoms with Gasteiger partial charge in [0.2, 0.25) is 0 Å². The molecule has 1 aliphatic carbocycles. The largest absolute Gasteiger partial charge is 0.478 e. The minimum absolute atomic E-state index is 0.0389. The van der Waals surface area contributed by atoms with Gasteiger partial charge in [-0.25, -0.2) is 4.79 Å². The van der Waals surface area contributed by atoms with E-state index in [0.29, 0.717) is 5.56 Å². The van der Waals surface area contributed by atoms with Gasteiger partial charge in [0, 0.05) is 10.4 Å². The Morgan fingerprint density at radius 1 is 1.03 bits per heavy atom. The molecule has 1 N–H and O–H groups in total. The average Bonchev–Trinajstić information content (AvgIpc) is 3.27. The Labute approximate surface area is 180 Å². The van der Waals surface area contributed by atoms with Crippen molar-refractivity contribution in [2.24, 2.45) is 0 Å². The Morgan fingerprint density at radius 3 is 2.43 bits per heavy atom. The van der Waals surface area contributed by atoms with Gasteiger partial charge in [0.05, 0.1) is 5.56 Å². The van der Waals surface area contributed by atoms with Crippen molar-refractivity contribution >= 4 is 34.7 Å². The highest BCUT2D eigenvalue weighted by Gasteiger charge is 2.29. The van der Waals surface area contributed by atoms with E-state index in [9.17, 15) is 9.59 Å². The third-order valence-corrected chi connectivity index (χ3v) is 6.41. The molecule has 1 aromatic heterocycles. The molecule has 3 nitrogen and oxygen atoms in total. The van der Waals surface area contributed by atoms with Gasteiger partial charge in [-0.05, 0) is 69.8 Å². The van der Waals surface area contributed by atoms with Crippen LogP contribution in [0.15, 0.2) is 72.1 Å². The molecule has 2 aromatic carbocycles.